The number of aromatic hydroxyl groups is 2. The van der Waals surface area contributed by atoms with Crippen molar-refractivity contribution in [2.75, 3.05) is 13.7 Å². The van der Waals surface area contributed by atoms with E-state index in [9.17, 15) is 25.2 Å². The van der Waals surface area contributed by atoms with E-state index in [1.807, 2.05) is 6.07 Å². The monoisotopic (exact) mass is 537 g/mol. The van der Waals surface area contributed by atoms with Crippen LogP contribution in [-0.4, -0.2) is 58.2 Å². The van der Waals surface area contributed by atoms with Crippen LogP contribution >= 0.6 is 0 Å². The number of ketones is 1. The molecule has 39 heavy (non-hydrogen) atoms. The maximum Gasteiger partial charge on any atom is 0.200 e. The molecule has 1 heterocycles. The Labute approximate surface area is 227 Å². The van der Waals surface area contributed by atoms with Crippen molar-refractivity contribution in [2.24, 2.45) is 22.4 Å². The molecule has 1 aliphatic heterocycles. The Hall–Kier alpha value is -3.94. The van der Waals surface area contributed by atoms with Crippen molar-refractivity contribution in [3.63, 3.8) is 0 Å². The summed E-state index contributed by atoms with van der Waals surface area (Å²) < 4.78 is 11.2. The van der Waals surface area contributed by atoms with Crippen LogP contribution in [0.1, 0.15) is 53.5 Å². The van der Waals surface area contributed by atoms with Gasteiger partial charge in [-0.2, -0.15) is 0 Å². The van der Waals surface area contributed by atoms with Crippen molar-refractivity contribution in [2.45, 2.75) is 63.8 Å². The second-order valence-corrected chi connectivity index (χ2v) is 9.98. The summed E-state index contributed by atoms with van der Waals surface area (Å²) in [6.45, 7) is 0.319. The summed E-state index contributed by atoms with van der Waals surface area (Å²) in [6.07, 6.45) is 0.434. The third kappa shape index (κ3) is 6.56. The predicted molar refractivity (Wildman–Crippen MR) is 145 cm³/mol. The van der Waals surface area contributed by atoms with Gasteiger partial charge in [0, 0.05) is 42.9 Å². The summed E-state index contributed by atoms with van der Waals surface area (Å²) in [5.74, 6) is 5.92. The Balaban J connectivity index is 1.74. The zero-order valence-electron chi connectivity index (χ0n) is 21.9. The van der Waals surface area contributed by atoms with E-state index in [-0.39, 0.29) is 59.9 Å². The van der Waals surface area contributed by atoms with Gasteiger partial charge in [0.05, 0.1) is 18.8 Å². The van der Waals surface area contributed by atoms with E-state index in [2.05, 4.69) is 16.8 Å². The number of aliphatic imine (C=N–C) groups is 1. The minimum atomic E-state index is -1.16. The number of phenols is 2. The first-order valence-corrected chi connectivity index (χ1v) is 13.0. The lowest BCUT2D eigenvalue weighted by atomic mass is 9.86. The Bertz CT molecular complexity index is 1320. The van der Waals surface area contributed by atoms with Gasteiger partial charge in [0.2, 0.25) is 6.29 Å². The molecule has 2 aliphatic rings. The largest absolute Gasteiger partial charge is 0.504 e. The predicted octanol–water partition coefficient (Wildman–Crippen LogP) is 1.43. The molecule has 208 valence electrons. The topological polar surface area (TPSA) is 181 Å². The number of nitrogens with zero attached hydrogens (tertiary/aromatic N) is 1. The summed E-state index contributed by atoms with van der Waals surface area (Å²) in [6, 6.07) is 5.05. The number of benzene rings is 2. The second kappa shape index (κ2) is 12.3. The minimum Gasteiger partial charge on any atom is -0.504 e. The number of fused-ring (bicyclic) bond motifs is 5. The lowest BCUT2D eigenvalue weighted by Crippen LogP contribution is -2.34. The number of guanidine groups is 1. The summed E-state index contributed by atoms with van der Waals surface area (Å²) in [7, 11) is 1.43. The summed E-state index contributed by atoms with van der Waals surface area (Å²) in [4.78, 5) is 16.6. The molecule has 8 N–H and O–H groups in total. The average Bonchev–Trinajstić information content (AvgIpc) is 2.89. The number of phenolic OH excluding ortho intramolecular Hbond substituents is 2. The quantitative estimate of drug-likeness (QED) is 0.191. The molecule has 2 bridgehead atoms. The van der Waals surface area contributed by atoms with E-state index in [4.69, 9.17) is 20.9 Å². The van der Waals surface area contributed by atoms with Crippen LogP contribution in [0.15, 0.2) is 23.2 Å². The maximum atomic E-state index is 12.7. The highest BCUT2D eigenvalue weighted by Gasteiger charge is 2.33. The molecular formula is C29H35N3O7. The van der Waals surface area contributed by atoms with Crippen LogP contribution in [0.4, 0.5) is 0 Å². The first kappa shape index (κ1) is 28.1. The Morgan fingerprint density at radius 2 is 1.92 bits per heavy atom. The molecule has 4 rings (SSSR count). The van der Waals surface area contributed by atoms with Crippen molar-refractivity contribution in [1.82, 2.24) is 0 Å². The van der Waals surface area contributed by atoms with Crippen LogP contribution in [-0.2, 0) is 30.5 Å². The molecule has 0 saturated carbocycles. The van der Waals surface area contributed by atoms with Gasteiger partial charge in [0.25, 0.3) is 0 Å². The van der Waals surface area contributed by atoms with Crippen molar-refractivity contribution < 1.29 is 34.7 Å². The van der Waals surface area contributed by atoms with Crippen LogP contribution < -0.4 is 20.9 Å². The van der Waals surface area contributed by atoms with E-state index in [0.29, 0.717) is 49.8 Å². The molecule has 10 nitrogen and oxygen atoms in total. The molecule has 0 spiro atoms. The number of carbonyl (C=O) groups is 1. The number of rotatable bonds is 4. The third-order valence-corrected chi connectivity index (χ3v) is 7.23. The SMILES string of the molecule is COc1c(O)ccc2c1C#CCc1cc(c3c(c1O)O[C@H](O)[C@@H](CCN=C(N)N)C3)CC[C@@H](O)CC(=O)CC2. The number of hydrogen-bond acceptors (Lipinski definition) is 8. The Kier molecular flexibility index (Phi) is 8.84. The van der Waals surface area contributed by atoms with Gasteiger partial charge in [-0.3, -0.25) is 9.79 Å². The van der Waals surface area contributed by atoms with E-state index in [0.717, 1.165) is 16.7 Å². The fraction of sp³-hybridized carbons (Fsp3) is 0.448. The van der Waals surface area contributed by atoms with Gasteiger partial charge in [-0.05, 0) is 49.3 Å². The molecule has 2 aromatic carbocycles. The average molecular weight is 538 g/mol. The Morgan fingerprint density at radius 1 is 1.13 bits per heavy atom. The number of hydrogen-bond donors (Lipinski definition) is 6. The van der Waals surface area contributed by atoms with Gasteiger partial charge in [-0.1, -0.05) is 24.0 Å². The van der Waals surface area contributed by atoms with Crippen LogP contribution in [0.25, 0.3) is 0 Å². The molecule has 0 unspecified atom stereocenters. The first-order valence-electron chi connectivity index (χ1n) is 13.0. The number of Topliss-reactive ketones (excluding diaryl/α,β-unsaturated/α-hetero) is 1. The normalized spacial score (nSPS) is 21.1. The van der Waals surface area contributed by atoms with Gasteiger partial charge < -0.3 is 41.4 Å². The number of ether oxygens (including phenoxy) is 2. The molecule has 2 aromatic rings. The number of methoxy groups -OCH3 is 1. The van der Waals surface area contributed by atoms with Crippen molar-refractivity contribution in [3.8, 4) is 34.8 Å². The molecule has 3 atom stereocenters. The van der Waals surface area contributed by atoms with Crippen molar-refractivity contribution in [1.29, 1.82) is 0 Å². The molecule has 0 radical (unpaired) electrons. The lowest BCUT2D eigenvalue weighted by molar-refractivity contribution is -0.121. The highest BCUT2D eigenvalue weighted by molar-refractivity contribution is 5.79. The van der Waals surface area contributed by atoms with Gasteiger partial charge in [-0.15, -0.1) is 0 Å². The molecule has 0 fully saturated rings. The number of nitrogens with two attached hydrogens (primary N) is 2. The minimum absolute atomic E-state index is 0.0136. The molecule has 0 aromatic heterocycles. The second-order valence-electron chi connectivity index (χ2n) is 9.98. The van der Waals surface area contributed by atoms with E-state index >= 15 is 0 Å². The molecule has 0 saturated heterocycles. The Morgan fingerprint density at radius 3 is 2.67 bits per heavy atom. The number of aryl methyl sites for hydroxylation is 2. The molecule has 1 aliphatic carbocycles. The molecule has 0 amide bonds. The van der Waals surface area contributed by atoms with Gasteiger partial charge in [0.1, 0.15) is 5.78 Å². The zero-order valence-corrected chi connectivity index (χ0v) is 21.9. The zero-order chi connectivity index (χ0) is 28.1. The number of carbonyl (C=O) groups excluding carboxylic acids is 1. The number of aliphatic hydroxyl groups excluding tert-OH is 2. The van der Waals surface area contributed by atoms with Crippen molar-refractivity contribution in [3.05, 3.63) is 46.0 Å². The standard InChI is InChI=1S/C29H35N3O7/c1-38-26-22-4-2-3-18-13-17(6-9-21(34)15-20(33)8-5-16(22)7-10-24(26)35)23-14-19(11-12-32-29(30)31)28(37)39-27(23)25(18)36/h7,10,13,19,21,28,34-37H,3,5-6,8-9,11-12,14-15H2,1H3,(H4,30,31,32)/t19-,21+,28-/m0/s1. The fourth-order valence-corrected chi connectivity index (χ4v) is 5.15. The summed E-state index contributed by atoms with van der Waals surface area (Å²) in [5, 5.41) is 42.7. The van der Waals surface area contributed by atoms with Gasteiger partial charge in [-0.25, -0.2) is 0 Å². The highest BCUT2D eigenvalue weighted by atomic mass is 16.6. The molecule has 10 heteroatoms. The molecular weight excluding hydrogens is 502 g/mol. The van der Waals surface area contributed by atoms with Gasteiger partial charge in [0.15, 0.2) is 29.0 Å². The van der Waals surface area contributed by atoms with E-state index < -0.39 is 12.4 Å². The van der Waals surface area contributed by atoms with E-state index in [1.165, 1.54) is 13.2 Å². The van der Waals surface area contributed by atoms with Crippen LogP contribution in [0.2, 0.25) is 0 Å². The van der Waals surface area contributed by atoms with Crippen LogP contribution in [0, 0.1) is 17.8 Å². The maximum absolute atomic E-state index is 12.7. The lowest BCUT2D eigenvalue weighted by Gasteiger charge is -2.32. The smallest absolute Gasteiger partial charge is 0.200 e. The highest BCUT2D eigenvalue weighted by Crippen LogP contribution is 2.43. The summed E-state index contributed by atoms with van der Waals surface area (Å²) in [5.41, 5.74) is 14.1. The third-order valence-electron chi connectivity index (χ3n) is 7.23. The fourth-order valence-electron chi connectivity index (χ4n) is 5.15. The van der Waals surface area contributed by atoms with Crippen LogP contribution in [0.3, 0.4) is 0 Å². The van der Waals surface area contributed by atoms with Gasteiger partial charge >= 0.3 is 0 Å². The van der Waals surface area contributed by atoms with E-state index in [1.54, 1.807) is 6.07 Å². The van der Waals surface area contributed by atoms with Crippen LogP contribution in [0.5, 0.6) is 23.0 Å². The summed E-state index contributed by atoms with van der Waals surface area (Å²) >= 11 is 0. The number of aliphatic hydroxyl groups is 2. The first-order chi connectivity index (χ1) is 18.7. The van der Waals surface area contributed by atoms with Crippen molar-refractivity contribution >= 4 is 11.7 Å².